The highest BCUT2D eigenvalue weighted by Crippen LogP contribution is 2.14. The van der Waals surface area contributed by atoms with E-state index in [1.165, 1.54) is 0 Å². The van der Waals surface area contributed by atoms with Crippen LogP contribution in [-0.2, 0) is 15.6 Å². The van der Waals surface area contributed by atoms with Crippen molar-refractivity contribution < 1.29 is 18.9 Å². The Labute approximate surface area is 116 Å². The van der Waals surface area contributed by atoms with Crippen LogP contribution in [-0.4, -0.2) is 46.4 Å². The molecule has 0 aliphatic carbocycles. The molecule has 0 heterocycles. The first kappa shape index (κ1) is 17.9. The molecule has 0 fully saturated rings. The SMILES string of the molecule is CC(C)C[C@H](CNC(=O)NCCS(C)=O)CC(=O)O. The van der Waals surface area contributed by atoms with Crippen LogP contribution < -0.4 is 10.6 Å². The van der Waals surface area contributed by atoms with Gasteiger partial charge in [-0.3, -0.25) is 9.00 Å². The maximum atomic E-state index is 11.4. The van der Waals surface area contributed by atoms with Crippen molar-refractivity contribution in [3.63, 3.8) is 0 Å². The Bertz CT molecular complexity index is 321. The molecule has 1 unspecified atom stereocenters. The van der Waals surface area contributed by atoms with Crippen LogP contribution in [0, 0.1) is 11.8 Å². The maximum absolute atomic E-state index is 11.4. The predicted molar refractivity (Wildman–Crippen MR) is 75.5 cm³/mol. The highest BCUT2D eigenvalue weighted by atomic mass is 32.2. The highest BCUT2D eigenvalue weighted by molar-refractivity contribution is 7.84. The van der Waals surface area contributed by atoms with Gasteiger partial charge in [-0.05, 0) is 18.3 Å². The van der Waals surface area contributed by atoms with E-state index in [4.69, 9.17) is 5.11 Å². The van der Waals surface area contributed by atoms with Crippen molar-refractivity contribution >= 4 is 22.8 Å². The van der Waals surface area contributed by atoms with Gasteiger partial charge in [0.05, 0.1) is 0 Å². The van der Waals surface area contributed by atoms with E-state index in [0.29, 0.717) is 24.8 Å². The second-order valence-electron chi connectivity index (χ2n) is 5.01. The summed E-state index contributed by atoms with van der Waals surface area (Å²) in [4.78, 5) is 22.2. The molecule has 0 rings (SSSR count). The number of rotatable bonds is 9. The lowest BCUT2D eigenvalue weighted by Gasteiger charge is -2.18. The summed E-state index contributed by atoms with van der Waals surface area (Å²) in [6.45, 7) is 4.73. The van der Waals surface area contributed by atoms with Crippen LogP contribution in [0.15, 0.2) is 0 Å². The first-order chi connectivity index (χ1) is 8.81. The maximum Gasteiger partial charge on any atom is 0.314 e. The summed E-state index contributed by atoms with van der Waals surface area (Å²) in [5.41, 5.74) is 0. The third-order valence-corrected chi connectivity index (χ3v) is 3.27. The molecule has 6 nitrogen and oxygen atoms in total. The molecule has 2 atom stereocenters. The number of nitrogens with one attached hydrogen (secondary N) is 2. The Morgan fingerprint density at radius 3 is 2.37 bits per heavy atom. The zero-order valence-electron chi connectivity index (χ0n) is 11.8. The number of urea groups is 1. The van der Waals surface area contributed by atoms with Gasteiger partial charge in [0, 0.05) is 42.3 Å². The minimum atomic E-state index is -0.931. The number of carbonyl (C=O) groups excluding carboxylic acids is 1. The Hall–Kier alpha value is -1.11. The van der Waals surface area contributed by atoms with Crippen LogP contribution in [0.2, 0.25) is 0 Å². The standard InChI is InChI=1S/C12H24N2O4S/c1-9(2)6-10(7-11(15)16)8-14-12(17)13-4-5-19(3)18/h9-10H,4-8H2,1-3H3,(H,15,16)(H2,13,14,17)/t10-,19?/m0/s1. The summed E-state index contributed by atoms with van der Waals surface area (Å²) < 4.78 is 10.8. The van der Waals surface area contributed by atoms with Crippen molar-refractivity contribution in [1.29, 1.82) is 0 Å². The average Bonchev–Trinajstić information content (AvgIpc) is 2.23. The predicted octanol–water partition coefficient (Wildman–Crippen LogP) is 0.801. The molecular weight excluding hydrogens is 268 g/mol. The quantitative estimate of drug-likeness (QED) is 0.586. The van der Waals surface area contributed by atoms with Gasteiger partial charge in [-0.1, -0.05) is 13.8 Å². The van der Waals surface area contributed by atoms with E-state index < -0.39 is 16.8 Å². The number of hydrogen-bond acceptors (Lipinski definition) is 3. The Balaban J connectivity index is 3.98. The van der Waals surface area contributed by atoms with Crippen LogP contribution in [0.3, 0.4) is 0 Å². The molecular formula is C12H24N2O4S. The van der Waals surface area contributed by atoms with Gasteiger partial charge < -0.3 is 15.7 Å². The molecule has 0 aromatic carbocycles. The summed E-state index contributed by atoms with van der Waals surface area (Å²) in [6, 6.07) is -0.343. The van der Waals surface area contributed by atoms with Gasteiger partial charge in [-0.25, -0.2) is 4.79 Å². The van der Waals surface area contributed by atoms with E-state index in [9.17, 15) is 13.8 Å². The number of amides is 2. The minimum absolute atomic E-state index is 0.0530. The van der Waals surface area contributed by atoms with Crippen molar-refractivity contribution in [2.75, 3.05) is 25.1 Å². The summed E-state index contributed by atoms with van der Waals surface area (Å²) in [7, 11) is -0.931. The van der Waals surface area contributed by atoms with E-state index in [2.05, 4.69) is 10.6 Å². The Morgan fingerprint density at radius 2 is 1.89 bits per heavy atom. The van der Waals surface area contributed by atoms with Gasteiger partial charge in [0.2, 0.25) is 0 Å². The summed E-state index contributed by atoms with van der Waals surface area (Å²) >= 11 is 0. The normalized spacial score (nSPS) is 13.9. The van der Waals surface area contributed by atoms with E-state index in [1.807, 2.05) is 13.8 Å². The molecule has 0 bridgehead atoms. The van der Waals surface area contributed by atoms with E-state index >= 15 is 0 Å². The molecule has 0 saturated heterocycles. The largest absolute Gasteiger partial charge is 0.481 e. The van der Waals surface area contributed by atoms with Crippen LogP contribution in [0.25, 0.3) is 0 Å². The van der Waals surface area contributed by atoms with Gasteiger partial charge in [-0.2, -0.15) is 0 Å². The van der Waals surface area contributed by atoms with Crippen LogP contribution in [0.1, 0.15) is 26.7 Å². The smallest absolute Gasteiger partial charge is 0.314 e. The van der Waals surface area contributed by atoms with Crippen LogP contribution in [0.5, 0.6) is 0 Å². The number of carboxylic acid groups (broad SMARTS) is 1. The second-order valence-corrected chi connectivity index (χ2v) is 6.56. The molecule has 112 valence electrons. The van der Waals surface area contributed by atoms with Gasteiger partial charge in [0.25, 0.3) is 0 Å². The van der Waals surface area contributed by atoms with Gasteiger partial charge in [0.1, 0.15) is 0 Å². The fraction of sp³-hybridized carbons (Fsp3) is 0.833. The number of aliphatic carboxylic acids is 1. The fourth-order valence-corrected chi connectivity index (χ4v) is 2.15. The van der Waals surface area contributed by atoms with Crippen molar-refractivity contribution in [3.05, 3.63) is 0 Å². The fourth-order valence-electron chi connectivity index (χ4n) is 1.76. The van der Waals surface area contributed by atoms with Crippen molar-refractivity contribution in [2.45, 2.75) is 26.7 Å². The number of hydrogen-bond donors (Lipinski definition) is 3. The minimum Gasteiger partial charge on any atom is -0.481 e. The van der Waals surface area contributed by atoms with Gasteiger partial charge in [0.15, 0.2) is 0 Å². The summed E-state index contributed by atoms with van der Waals surface area (Å²) in [6.07, 6.45) is 2.38. The van der Waals surface area contributed by atoms with Gasteiger partial charge >= 0.3 is 12.0 Å². The topological polar surface area (TPSA) is 95.5 Å². The van der Waals surface area contributed by atoms with E-state index in [-0.39, 0.29) is 18.4 Å². The summed E-state index contributed by atoms with van der Waals surface area (Å²) in [5, 5.41) is 14.0. The highest BCUT2D eigenvalue weighted by Gasteiger charge is 2.15. The monoisotopic (exact) mass is 292 g/mol. The lowest BCUT2D eigenvalue weighted by molar-refractivity contribution is -0.138. The molecule has 0 aliphatic rings. The van der Waals surface area contributed by atoms with Crippen molar-refractivity contribution in [2.24, 2.45) is 11.8 Å². The number of carbonyl (C=O) groups is 2. The molecule has 0 saturated carbocycles. The number of carboxylic acids is 1. The molecule has 0 aromatic heterocycles. The first-order valence-electron chi connectivity index (χ1n) is 6.34. The van der Waals surface area contributed by atoms with E-state index in [1.54, 1.807) is 6.26 Å². The Kier molecular flexibility index (Phi) is 9.20. The zero-order valence-corrected chi connectivity index (χ0v) is 12.6. The first-order valence-corrected chi connectivity index (χ1v) is 8.07. The summed E-state index contributed by atoms with van der Waals surface area (Å²) in [5.74, 6) is -0.118. The van der Waals surface area contributed by atoms with E-state index in [0.717, 1.165) is 6.42 Å². The molecule has 0 spiro atoms. The molecule has 0 aromatic rings. The average molecular weight is 292 g/mol. The van der Waals surface area contributed by atoms with Crippen molar-refractivity contribution in [1.82, 2.24) is 10.6 Å². The zero-order chi connectivity index (χ0) is 14.8. The molecule has 0 radical (unpaired) electrons. The molecule has 3 N–H and O–H groups in total. The lowest BCUT2D eigenvalue weighted by Crippen LogP contribution is -2.40. The molecule has 7 heteroatoms. The second kappa shape index (κ2) is 9.77. The van der Waals surface area contributed by atoms with Gasteiger partial charge in [-0.15, -0.1) is 0 Å². The lowest BCUT2D eigenvalue weighted by atomic mass is 9.94. The molecule has 2 amide bonds. The third kappa shape index (κ3) is 11.7. The van der Waals surface area contributed by atoms with Crippen LogP contribution >= 0.6 is 0 Å². The van der Waals surface area contributed by atoms with Crippen molar-refractivity contribution in [3.8, 4) is 0 Å². The Morgan fingerprint density at radius 1 is 1.26 bits per heavy atom. The third-order valence-electron chi connectivity index (χ3n) is 2.49. The molecule has 0 aliphatic heterocycles. The van der Waals surface area contributed by atoms with Crippen LogP contribution in [0.4, 0.5) is 4.79 Å². The molecule has 19 heavy (non-hydrogen) atoms.